The molecule has 13 nitrogen and oxygen atoms in total. The van der Waals surface area contributed by atoms with Crippen LogP contribution >= 0.6 is 0 Å². The van der Waals surface area contributed by atoms with E-state index in [4.69, 9.17) is 19.4 Å². The Kier molecular flexibility index (Phi) is 17.2. The second-order valence-electron chi connectivity index (χ2n) is 10.6. The van der Waals surface area contributed by atoms with Crippen LogP contribution in [0.3, 0.4) is 0 Å². The van der Waals surface area contributed by atoms with Gasteiger partial charge >= 0.3 is 0 Å². The third-order valence-corrected chi connectivity index (χ3v) is 7.94. The number of hydrogen-bond donors (Lipinski definition) is 0. The number of azo groups is 1. The van der Waals surface area contributed by atoms with Crippen molar-refractivity contribution >= 4 is 18.3 Å². The minimum Gasteiger partial charge on any atom is -0.302 e. The number of carbonyl (C=O) groups excluding carboxylic acids is 1. The van der Waals surface area contributed by atoms with E-state index >= 15 is 0 Å². The minimum atomic E-state index is -0.182. The second-order valence-corrected chi connectivity index (χ2v) is 10.6. The molecule has 8 atom stereocenters. The number of carbonyl (C=O) groups is 1. The molecule has 0 saturated heterocycles. The quantitative estimate of drug-likeness (QED) is 0.461. The molecule has 0 saturated carbocycles. The summed E-state index contributed by atoms with van der Waals surface area (Å²) < 4.78 is 0. The number of hydrogen-bond acceptors (Lipinski definition) is 12. The molecule has 0 spiro atoms. The van der Waals surface area contributed by atoms with E-state index in [9.17, 15) is 4.79 Å². The first-order valence-electron chi connectivity index (χ1n) is 14.3. The summed E-state index contributed by atoms with van der Waals surface area (Å²) in [5.41, 5.74) is 0. The lowest BCUT2D eigenvalue weighted by atomic mass is 10.0. The van der Waals surface area contributed by atoms with Crippen molar-refractivity contribution < 1.29 is 24.1 Å². The Labute approximate surface area is 247 Å². The molecule has 236 valence electrons. The molecule has 1 amide bonds. The first-order valence-corrected chi connectivity index (χ1v) is 14.3. The Balaban J connectivity index is 0.000000274. The lowest BCUT2D eigenvalue weighted by Gasteiger charge is -2.31. The lowest BCUT2D eigenvalue weighted by molar-refractivity contribution is -0.181. The molecule has 0 N–H and O–H groups in total. The van der Waals surface area contributed by atoms with Crippen molar-refractivity contribution in [1.82, 2.24) is 20.3 Å². The van der Waals surface area contributed by atoms with Crippen LogP contribution < -0.4 is 0 Å². The normalized spacial score (nSPS) is 33.8. The molecule has 4 heterocycles. The highest BCUT2D eigenvalue weighted by atomic mass is 16.7. The van der Waals surface area contributed by atoms with Crippen LogP contribution in [0.5, 0.6) is 0 Å². The molecule has 4 rings (SSSR count). The fraction of sp³-hybridized carbons (Fsp3) is 0.821. The summed E-state index contributed by atoms with van der Waals surface area (Å²) in [6.45, 7) is 18.8. The zero-order valence-corrected chi connectivity index (χ0v) is 27.2. The molecule has 4 aliphatic heterocycles. The molecule has 0 aromatic carbocycles. The van der Waals surface area contributed by atoms with E-state index in [1.807, 2.05) is 42.2 Å². The molecule has 8 unspecified atom stereocenters. The maximum Gasteiger partial charge on any atom is 0.288 e. The summed E-state index contributed by atoms with van der Waals surface area (Å²) in [4.78, 5) is 39.3. The van der Waals surface area contributed by atoms with Crippen LogP contribution in [-0.4, -0.2) is 123 Å². The second kappa shape index (κ2) is 19.1. The first-order chi connectivity index (χ1) is 19.4. The average Bonchev–Trinajstić information content (AvgIpc) is 2.97. The molecule has 0 aliphatic carbocycles. The fourth-order valence-electron chi connectivity index (χ4n) is 4.18. The first kappa shape index (κ1) is 36.9. The highest BCUT2D eigenvalue weighted by Gasteiger charge is 2.27. The number of hydroxylamine groups is 8. The molecule has 0 radical (unpaired) electrons. The highest BCUT2D eigenvalue weighted by molar-refractivity contribution is 6.26. The van der Waals surface area contributed by atoms with E-state index in [2.05, 4.69) is 67.0 Å². The van der Waals surface area contributed by atoms with Crippen LogP contribution in [0.1, 0.15) is 55.4 Å². The monoisotopic (exact) mass is 582 g/mol. The van der Waals surface area contributed by atoms with E-state index in [0.29, 0.717) is 43.3 Å². The highest BCUT2D eigenvalue weighted by Crippen LogP contribution is 2.17. The van der Waals surface area contributed by atoms with E-state index < -0.39 is 0 Å². The minimum absolute atomic E-state index is 0.0255. The van der Waals surface area contributed by atoms with Gasteiger partial charge in [0.05, 0.1) is 58.8 Å². The summed E-state index contributed by atoms with van der Waals surface area (Å²) in [6, 6.07) is 1.68. The van der Waals surface area contributed by atoms with Gasteiger partial charge in [-0.25, -0.2) is 5.06 Å². The Bertz CT molecular complexity index is 796. The predicted octanol–water partition coefficient (Wildman–Crippen LogP) is 3.65. The van der Waals surface area contributed by atoms with Gasteiger partial charge in [0, 0.05) is 30.8 Å². The van der Waals surface area contributed by atoms with Crippen molar-refractivity contribution in [2.75, 3.05) is 48.3 Å². The Morgan fingerprint density at radius 1 is 0.707 bits per heavy atom. The summed E-state index contributed by atoms with van der Waals surface area (Å²) in [5, 5.41) is 14.9. The van der Waals surface area contributed by atoms with Gasteiger partial charge in [-0.2, -0.15) is 25.4 Å². The van der Waals surface area contributed by atoms with Gasteiger partial charge in [0.15, 0.2) is 0 Å². The van der Waals surface area contributed by atoms with Gasteiger partial charge in [-0.1, -0.05) is 26.0 Å². The number of aliphatic imine (C=N–C) groups is 2. The zero-order chi connectivity index (χ0) is 31.1. The van der Waals surface area contributed by atoms with Crippen molar-refractivity contribution in [3.63, 3.8) is 0 Å². The van der Waals surface area contributed by atoms with Crippen molar-refractivity contribution in [3.8, 4) is 0 Å². The van der Waals surface area contributed by atoms with Crippen LogP contribution in [0.25, 0.3) is 0 Å². The number of rotatable bonds is 4. The summed E-state index contributed by atoms with van der Waals surface area (Å²) in [6.07, 6.45) is 7.67. The van der Waals surface area contributed by atoms with Crippen molar-refractivity contribution in [2.45, 2.75) is 91.6 Å². The summed E-state index contributed by atoms with van der Waals surface area (Å²) in [5.74, 6) is 0.917. The largest absolute Gasteiger partial charge is 0.302 e. The van der Waals surface area contributed by atoms with Gasteiger partial charge in [0.25, 0.3) is 5.91 Å². The van der Waals surface area contributed by atoms with Gasteiger partial charge in [-0.05, 0) is 47.5 Å². The van der Waals surface area contributed by atoms with Crippen LogP contribution in [0.2, 0.25) is 0 Å². The van der Waals surface area contributed by atoms with Crippen LogP contribution in [0, 0.1) is 11.8 Å². The average molecular weight is 583 g/mol. The molecular weight excluding hydrogens is 528 g/mol. The van der Waals surface area contributed by atoms with Crippen molar-refractivity contribution in [2.24, 2.45) is 32.0 Å². The molecule has 4 aliphatic rings. The summed E-state index contributed by atoms with van der Waals surface area (Å²) in [7, 11) is 6.55. The van der Waals surface area contributed by atoms with Crippen molar-refractivity contribution in [3.05, 3.63) is 12.2 Å². The predicted molar refractivity (Wildman–Crippen MR) is 161 cm³/mol. The molecular formula is C28H54N8O5. The van der Waals surface area contributed by atoms with Gasteiger partial charge in [-0.15, -0.1) is 0 Å². The number of nitrogens with zero attached hydrogens (tertiary/aromatic N) is 8. The Morgan fingerprint density at radius 2 is 1.29 bits per heavy atom. The Morgan fingerprint density at radius 3 is 1.78 bits per heavy atom. The standard InChI is InChI=1S/C8H15NO.C7H12N2O2.C7H14N2O.C6H13N3O/c1-7-5-4-6-9(10-3)8(7)2;1-5-6(2)9(11-3)7(10)4-8-5;1-6-4-8-5-9(10-3)7(6)2;1-5-6(2)9(10-3)4-7-8-5/h4-5,7-8H,6H2,1-3H3;4-6H,1-3H3;4,6-7H,5H2,1-3H3;5-6H,4H2,1-3H3. The maximum absolute atomic E-state index is 11.0. The Hall–Kier alpha value is -2.13. The lowest BCUT2D eigenvalue weighted by Crippen LogP contribution is -2.46. The topological polar surface area (TPSA) is 116 Å². The van der Waals surface area contributed by atoms with Gasteiger partial charge in [0.2, 0.25) is 0 Å². The molecule has 0 aromatic heterocycles. The maximum atomic E-state index is 11.0. The third-order valence-electron chi connectivity index (χ3n) is 7.94. The van der Waals surface area contributed by atoms with E-state index in [-0.39, 0.29) is 24.0 Å². The molecule has 0 fully saturated rings. The van der Waals surface area contributed by atoms with E-state index in [0.717, 1.165) is 6.54 Å². The molecule has 0 aromatic rings. The molecule has 0 bridgehead atoms. The van der Waals surface area contributed by atoms with E-state index in [1.54, 1.807) is 21.3 Å². The summed E-state index contributed by atoms with van der Waals surface area (Å²) >= 11 is 0. The van der Waals surface area contributed by atoms with Crippen LogP contribution in [-0.2, 0) is 24.1 Å². The van der Waals surface area contributed by atoms with Crippen LogP contribution in [0.4, 0.5) is 0 Å². The number of amides is 1. The SMILES string of the molecule is CON1C(=O)C=NC(C)C1C.CON1CC=CC(C)C1C.CON1CN=CC(C)C1C.CON1CN=NC(C)C1C. The zero-order valence-electron chi connectivity index (χ0n) is 27.2. The molecule has 41 heavy (non-hydrogen) atoms. The van der Waals surface area contributed by atoms with Crippen LogP contribution in [0.15, 0.2) is 32.4 Å². The third kappa shape index (κ3) is 11.6. The van der Waals surface area contributed by atoms with Gasteiger partial charge < -0.3 is 14.5 Å². The van der Waals surface area contributed by atoms with E-state index in [1.165, 1.54) is 18.4 Å². The van der Waals surface area contributed by atoms with Gasteiger partial charge in [0.1, 0.15) is 13.3 Å². The fourth-order valence-corrected chi connectivity index (χ4v) is 4.18. The van der Waals surface area contributed by atoms with Crippen molar-refractivity contribution in [1.29, 1.82) is 0 Å². The smallest absolute Gasteiger partial charge is 0.288 e. The molecule has 13 heteroatoms. The van der Waals surface area contributed by atoms with Gasteiger partial charge in [-0.3, -0.25) is 19.6 Å².